The number of methoxy groups -OCH3 is 1. The molecule has 2 heterocycles. The van der Waals surface area contributed by atoms with Gasteiger partial charge in [0.1, 0.15) is 5.76 Å². The SMILES string of the molecule is COc1ncc(-c2ccc(C=O)o2)c2c1CCCC2. The van der Waals surface area contributed by atoms with Gasteiger partial charge >= 0.3 is 0 Å². The van der Waals surface area contributed by atoms with E-state index >= 15 is 0 Å². The van der Waals surface area contributed by atoms with Crippen molar-refractivity contribution >= 4 is 6.29 Å². The van der Waals surface area contributed by atoms with Gasteiger partial charge in [-0.2, -0.15) is 0 Å². The second-order valence-corrected chi connectivity index (χ2v) is 4.67. The summed E-state index contributed by atoms with van der Waals surface area (Å²) in [6.45, 7) is 0. The zero-order valence-electron chi connectivity index (χ0n) is 10.8. The van der Waals surface area contributed by atoms with Gasteiger partial charge < -0.3 is 9.15 Å². The number of hydrogen-bond acceptors (Lipinski definition) is 4. The number of hydrogen-bond donors (Lipinski definition) is 0. The second-order valence-electron chi connectivity index (χ2n) is 4.67. The van der Waals surface area contributed by atoms with Crippen LogP contribution in [0.25, 0.3) is 11.3 Å². The van der Waals surface area contributed by atoms with Gasteiger partial charge in [-0.1, -0.05) is 0 Å². The molecule has 1 aliphatic carbocycles. The van der Waals surface area contributed by atoms with Crippen molar-refractivity contribution in [1.82, 2.24) is 4.98 Å². The van der Waals surface area contributed by atoms with Crippen LogP contribution in [0.1, 0.15) is 34.5 Å². The fourth-order valence-corrected chi connectivity index (χ4v) is 2.67. The van der Waals surface area contributed by atoms with Gasteiger partial charge in [0.2, 0.25) is 5.88 Å². The molecule has 4 nitrogen and oxygen atoms in total. The third kappa shape index (κ3) is 2.03. The molecule has 0 saturated carbocycles. The summed E-state index contributed by atoms with van der Waals surface area (Å²) < 4.78 is 10.8. The Labute approximate surface area is 111 Å². The molecule has 0 saturated heterocycles. The number of pyridine rings is 1. The summed E-state index contributed by atoms with van der Waals surface area (Å²) >= 11 is 0. The highest BCUT2D eigenvalue weighted by atomic mass is 16.5. The molecule has 0 bridgehead atoms. The summed E-state index contributed by atoms with van der Waals surface area (Å²) in [5.41, 5.74) is 3.39. The molecule has 0 amide bonds. The van der Waals surface area contributed by atoms with Crippen LogP contribution in [-0.2, 0) is 12.8 Å². The maximum atomic E-state index is 10.7. The van der Waals surface area contributed by atoms with Crippen LogP contribution in [0.2, 0.25) is 0 Å². The average molecular weight is 257 g/mol. The summed E-state index contributed by atoms with van der Waals surface area (Å²) in [4.78, 5) is 15.1. The summed E-state index contributed by atoms with van der Waals surface area (Å²) in [7, 11) is 1.65. The fourth-order valence-electron chi connectivity index (χ4n) is 2.67. The Balaban J connectivity index is 2.13. The highest BCUT2D eigenvalue weighted by Crippen LogP contribution is 2.35. The standard InChI is InChI=1S/C15H15NO3/c1-18-15-12-5-3-2-4-11(12)13(8-16-15)14-7-6-10(9-17)19-14/h6-9H,2-5H2,1H3. The Kier molecular flexibility index (Phi) is 3.07. The lowest BCUT2D eigenvalue weighted by Gasteiger charge is -2.20. The Hall–Kier alpha value is -2.10. The minimum absolute atomic E-state index is 0.343. The highest BCUT2D eigenvalue weighted by Gasteiger charge is 2.21. The highest BCUT2D eigenvalue weighted by molar-refractivity contribution is 5.74. The maximum absolute atomic E-state index is 10.7. The molecule has 4 heteroatoms. The quantitative estimate of drug-likeness (QED) is 0.793. The third-order valence-corrected chi connectivity index (χ3v) is 3.56. The monoisotopic (exact) mass is 257 g/mol. The largest absolute Gasteiger partial charge is 0.481 e. The molecule has 0 N–H and O–H groups in total. The maximum Gasteiger partial charge on any atom is 0.216 e. The van der Waals surface area contributed by atoms with E-state index in [1.54, 1.807) is 19.4 Å². The van der Waals surface area contributed by atoms with Crippen LogP contribution in [0.4, 0.5) is 0 Å². The zero-order valence-corrected chi connectivity index (χ0v) is 10.8. The van der Waals surface area contributed by atoms with Gasteiger partial charge in [0.25, 0.3) is 0 Å². The normalized spacial score (nSPS) is 13.9. The number of fused-ring (bicyclic) bond motifs is 1. The van der Waals surface area contributed by atoms with Gasteiger partial charge in [-0.15, -0.1) is 0 Å². The molecule has 3 rings (SSSR count). The van der Waals surface area contributed by atoms with Gasteiger partial charge in [0.05, 0.1) is 7.11 Å². The Morgan fingerprint density at radius 2 is 2.05 bits per heavy atom. The molecule has 2 aromatic rings. The molecular formula is C15H15NO3. The van der Waals surface area contributed by atoms with Crippen molar-refractivity contribution in [3.63, 3.8) is 0 Å². The van der Waals surface area contributed by atoms with E-state index in [2.05, 4.69) is 4.98 Å². The minimum Gasteiger partial charge on any atom is -0.481 e. The van der Waals surface area contributed by atoms with Gasteiger partial charge in [-0.25, -0.2) is 4.98 Å². The van der Waals surface area contributed by atoms with E-state index in [-0.39, 0.29) is 0 Å². The molecular weight excluding hydrogens is 242 g/mol. The van der Waals surface area contributed by atoms with Gasteiger partial charge in [-0.3, -0.25) is 4.79 Å². The van der Waals surface area contributed by atoms with Crippen LogP contribution < -0.4 is 4.74 Å². The van der Waals surface area contributed by atoms with Crippen LogP contribution in [-0.4, -0.2) is 18.4 Å². The molecule has 1 aliphatic rings. The van der Waals surface area contributed by atoms with Crippen molar-refractivity contribution in [1.29, 1.82) is 0 Å². The number of ether oxygens (including phenoxy) is 1. The molecule has 0 fully saturated rings. The van der Waals surface area contributed by atoms with Crippen molar-refractivity contribution < 1.29 is 13.9 Å². The van der Waals surface area contributed by atoms with E-state index < -0.39 is 0 Å². The van der Waals surface area contributed by atoms with Crippen molar-refractivity contribution in [2.24, 2.45) is 0 Å². The molecule has 2 aromatic heterocycles. The summed E-state index contributed by atoms with van der Waals surface area (Å²) in [5, 5.41) is 0. The number of furan rings is 1. The van der Waals surface area contributed by atoms with E-state index in [1.807, 2.05) is 6.07 Å². The molecule has 98 valence electrons. The van der Waals surface area contributed by atoms with Crippen molar-refractivity contribution in [3.05, 3.63) is 35.2 Å². The van der Waals surface area contributed by atoms with Crippen molar-refractivity contribution in [2.75, 3.05) is 7.11 Å². The van der Waals surface area contributed by atoms with Crippen LogP contribution >= 0.6 is 0 Å². The number of nitrogens with zero attached hydrogens (tertiary/aromatic N) is 1. The zero-order chi connectivity index (χ0) is 13.2. The lowest BCUT2D eigenvalue weighted by Crippen LogP contribution is -2.08. The lowest BCUT2D eigenvalue weighted by molar-refractivity contribution is 0.110. The molecule has 0 unspecified atom stereocenters. The first-order valence-electron chi connectivity index (χ1n) is 6.43. The van der Waals surface area contributed by atoms with Crippen LogP contribution in [0, 0.1) is 0 Å². The van der Waals surface area contributed by atoms with E-state index in [0.29, 0.717) is 23.7 Å². The first-order valence-corrected chi connectivity index (χ1v) is 6.43. The predicted octanol–water partition coefficient (Wildman–Crippen LogP) is 3.04. The Bertz CT molecular complexity index is 616. The van der Waals surface area contributed by atoms with Crippen LogP contribution in [0.5, 0.6) is 5.88 Å². The number of aldehydes is 1. The van der Waals surface area contributed by atoms with E-state index in [4.69, 9.17) is 9.15 Å². The molecule has 0 aliphatic heterocycles. The number of aromatic nitrogens is 1. The third-order valence-electron chi connectivity index (χ3n) is 3.56. The van der Waals surface area contributed by atoms with E-state index in [0.717, 1.165) is 31.2 Å². The predicted molar refractivity (Wildman–Crippen MR) is 70.5 cm³/mol. The summed E-state index contributed by atoms with van der Waals surface area (Å²) in [5.74, 6) is 1.76. The van der Waals surface area contributed by atoms with E-state index in [1.165, 1.54) is 11.1 Å². The van der Waals surface area contributed by atoms with Crippen molar-refractivity contribution in [3.8, 4) is 17.2 Å². The number of rotatable bonds is 3. The lowest BCUT2D eigenvalue weighted by atomic mass is 9.89. The Morgan fingerprint density at radius 1 is 1.26 bits per heavy atom. The first kappa shape index (κ1) is 12.0. The second kappa shape index (κ2) is 4.88. The van der Waals surface area contributed by atoms with Gasteiger partial charge in [-0.05, 0) is 43.4 Å². The van der Waals surface area contributed by atoms with E-state index in [9.17, 15) is 4.79 Å². The Morgan fingerprint density at radius 3 is 2.74 bits per heavy atom. The average Bonchev–Trinajstić information content (AvgIpc) is 2.95. The summed E-state index contributed by atoms with van der Waals surface area (Å²) in [6.07, 6.45) is 6.80. The molecule has 0 atom stereocenters. The van der Waals surface area contributed by atoms with Gasteiger partial charge in [0.15, 0.2) is 12.0 Å². The van der Waals surface area contributed by atoms with Crippen molar-refractivity contribution in [2.45, 2.75) is 25.7 Å². The smallest absolute Gasteiger partial charge is 0.216 e. The molecule has 0 radical (unpaired) electrons. The first-order chi connectivity index (χ1) is 9.33. The molecule has 19 heavy (non-hydrogen) atoms. The number of carbonyl (C=O) groups excluding carboxylic acids is 1. The molecule has 0 aromatic carbocycles. The fraction of sp³-hybridized carbons (Fsp3) is 0.333. The topological polar surface area (TPSA) is 52.3 Å². The van der Waals surface area contributed by atoms with Crippen LogP contribution in [0.3, 0.4) is 0 Å². The molecule has 0 spiro atoms. The number of carbonyl (C=O) groups is 1. The summed E-state index contributed by atoms with van der Waals surface area (Å²) in [6, 6.07) is 3.50. The van der Waals surface area contributed by atoms with Crippen LogP contribution in [0.15, 0.2) is 22.7 Å². The minimum atomic E-state index is 0.343. The van der Waals surface area contributed by atoms with Gasteiger partial charge in [0, 0.05) is 17.3 Å².